The molecular weight excluding hydrogens is 264 g/mol. The van der Waals surface area contributed by atoms with E-state index in [9.17, 15) is 14.4 Å². The molecule has 1 unspecified atom stereocenters. The van der Waals surface area contributed by atoms with E-state index in [-0.39, 0.29) is 12.2 Å². The quantitative estimate of drug-likeness (QED) is 0.534. The van der Waals surface area contributed by atoms with E-state index >= 15 is 0 Å². The maximum absolute atomic E-state index is 11.7. The lowest BCUT2D eigenvalue weighted by molar-refractivity contribution is -0.146. The molecule has 1 aromatic carbocycles. The number of hydrogen-bond acceptors (Lipinski definition) is 5. The summed E-state index contributed by atoms with van der Waals surface area (Å²) in [4.78, 5) is 33.9. The smallest absolute Gasteiger partial charge is 0.335 e. The molecule has 0 saturated heterocycles. The van der Waals surface area contributed by atoms with Crippen LogP contribution in [0.15, 0.2) is 18.2 Å². The van der Waals surface area contributed by atoms with Crippen molar-refractivity contribution >= 4 is 23.5 Å². The minimum atomic E-state index is -1.42. The lowest BCUT2D eigenvalue weighted by Gasteiger charge is -2.13. The zero-order valence-corrected chi connectivity index (χ0v) is 11.2. The molecule has 0 spiro atoms. The van der Waals surface area contributed by atoms with Crippen LogP contribution in [0.25, 0.3) is 0 Å². The summed E-state index contributed by atoms with van der Waals surface area (Å²) >= 11 is 0. The van der Waals surface area contributed by atoms with Gasteiger partial charge in [-0.1, -0.05) is 0 Å². The van der Waals surface area contributed by atoms with Gasteiger partial charge in [0, 0.05) is 5.69 Å². The number of carbonyl (C=O) groups excluding carboxylic acids is 2. The van der Waals surface area contributed by atoms with Gasteiger partial charge in [-0.05, 0) is 37.6 Å². The fourth-order valence-electron chi connectivity index (χ4n) is 1.49. The molecular formula is C13H16N2O5. The predicted octanol–water partition coefficient (Wildman–Crippen LogP) is 0.522. The Morgan fingerprint density at radius 1 is 1.40 bits per heavy atom. The van der Waals surface area contributed by atoms with Crippen LogP contribution in [-0.4, -0.2) is 35.6 Å². The number of anilines is 1. The van der Waals surface area contributed by atoms with E-state index in [2.05, 4.69) is 10.1 Å². The highest BCUT2D eigenvalue weighted by atomic mass is 16.5. The molecule has 0 aliphatic rings. The van der Waals surface area contributed by atoms with Crippen LogP contribution >= 0.6 is 0 Å². The van der Waals surface area contributed by atoms with E-state index in [1.165, 1.54) is 18.2 Å². The molecule has 0 aliphatic carbocycles. The molecule has 1 atom stereocenters. The summed E-state index contributed by atoms with van der Waals surface area (Å²) in [6.45, 7) is 3.38. The number of esters is 1. The minimum Gasteiger partial charge on any atom is -0.478 e. The average molecular weight is 280 g/mol. The van der Waals surface area contributed by atoms with Crippen molar-refractivity contribution in [3.63, 3.8) is 0 Å². The maximum Gasteiger partial charge on any atom is 0.335 e. The van der Waals surface area contributed by atoms with E-state index in [1.807, 2.05) is 0 Å². The van der Waals surface area contributed by atoms with Crippen LogP contribution in [0.4, 0.5) is 5.69 Å². The standard InChI is InChI=1S/C13H16N2O5/c1-3-20-13(19)10(14)11(16)15-9-5-4-8(12(17)18)6-7(9)2/h4-6,10H,3,14H2,1-2H3,(H,15,16)(H,17,18). The predicted molar refractivity (Wildman–Crippen MR) is 71.4 cm³/mol. The first-order valence-corrected chi connectivity index (χ1v) is 5.93. The van der Waals surface area contributed by atoms with Gasteiger partial charge in [-0.3, -0.25) is 4.79 Å². The van der Waals surface area contributed by atoms with E-state index < -0.39 is 23.9 Å². The van der Waals surface area contributed by atoms with Crippen LogP contribution < -0.4 is 11.1 Å². The molecule has 1 amide bonds. The molecule has 7 nitrogen and oxygen atoms in total. The number of hydrogen-bond donors (Lipinski definition) is 3. The van der Waals surface area contributed by atoms with E-state index in [1.54, 1.807) is 13.8 Å². The third-order valence-electron chi connectivity index (χ3n) is 2.55. The van der Waals surface area contributed by atoms with Crippen LogP contribution in [0.5, 0.6) is 0 Å². The first-order valence-electron chi connectivity index (χ1n) is 5.93. The van der Waals surface area contributed by atoms with Gasteiger partial charge in [-0.15, -0.1) is 0 Å². The Labute approximate surface area is 115 Å². The van der Waals surface area contributed by atoms with Crippen LogP contribution in [0.3, 0.4) is 0 Å². The molecule has 20 heavy (non-hydrogen) atoms. The molecule has 108 valence electrons. The third-order valence-corrected chi connectivity index (χ3v) is 2.55. The van der Waals surface area contributed by atoms with E-state index in [0.29, 0.717) is 11.3 Å². The highest BCUT2D eigenvalue weighted by molar-refractivity contribution is 6.08. The van der Waals surface area contributed by atoms with Gasteiger partial charge in [-0.25, -0.2) is 9.59 Å². The van der Waals surface area contributed by atoms with Gasteiger partial charge < -0.3 is 20.9 Å². The van der Waals surface area contributed by atoms with Crippen molar-refractivity contribution in [3.8, 4) is 0 Å². The van der Waals surface area contributed by atoms with Crippen LogP contribution in [0.2, 0.25) is 0 Å². The van der Waals surface area contributed by atoms with Crippen molar-refractivity contribution in [1.29, 1.82) is 0 Å². The Kier molecular flexibility index (Phi) is 5.22. The van der Waals surface area contributed by atoms with E-state index in [4.69, 9.17) is 10.8 Å². The number of carboxylic acids is 1. The summed E-state index contributed by atoms with van der Waals surface area (Å²) in [6, 6.07) is 2.77. The molecule has 1 aromatic rings. The number of benzene rings is 1. The lowest BCUT2D eigenvalue weighted by Crippen LogP contribution is -2.43. The first kappa shape index (κ1) is 15.6. The maximum atomic E-state index is 11.7. The fraction of sp³-hybridized carbons (Fsp3) is 0.308. The van der Waals surface area contributed by atoms with Crippen molar-refractivity contribution in [2.45, 2.75) is 19.9 Å². The molecule has 0 heterocycles. The Bertz CT molecular complexity index is 542. The van der Waals surface area contributed by atoms with Crippen LogP contribution in [0, 0.1) is 6.92 Å². The molecule has 0 aliphatic heterocycles. The third kappa shape index (κ3) is 3.79. The molecule has 7 heteroatoms. The number of rotatable bonds is 5. The molecule has 0 saturated carbocycles. The number of nitrogens with one attached hydrogen (secondary N) is 1. The zero-order chi connectivity index (χ0) is 15.3. The van der Waals surface area contributed by atoms with Gasteiger partial charge in [0.25, 0.3) is 5.91 Å². The van der Waals surface area contributed by atoms with E-state index in [0.717, 1.165) is 0 Å². The summed E-state index contributed by atoms with van der Waals surface area (Å²) in [7, 11) is 0. The number of amides is 1. The average Bonchev–Trinajstić information content (AvgIpc) is 2.40. The summed E-state index contributed by atoms with van der Waals surface area (Å²) in [5.74, 6) is -2.59. The van der Waals surface area contributed by atoms with Gasteiger partial charge in [0.05, 0.1) is 12.2 Å². The Morgan fingerprint density at radius 2 is 2.05 bits per heavy atom. The zero-order valence-electron chi connectivity index (χ0n) is 11.2. The van der Waals surface area contributed by atoms with Crippen molar-refractivity contribution in [2.75, 3.05) is 11.9 Å². The number of nitrogens with two attached hydrogens (primary N) is 1. The van der Waals surface area contributed by atoms with Crippen molar-refractivity contribution in [1.82, 2.24) is 0 Å². The van der Waals surface area contributed by atoms with Crippen LogP contribution in [-0.2, 0) is 14.3 Å². The largest absolute Gasteiger partial charge is 0.478 e. The Morgan fingerprint density at radius 3 is 2.55 bits per heavy atom. The highest BCUT2D eigenvalue weighted by Gasteiger charge is 2.23. The van der Waals surface area contributed by atoms with Crippen molar-refractivity contribution in [2.24, 2.45) is 5.73 Å². The number of carboxylic acid groups (broad SMARTS) is 1. The van der Waals surface area contributed by atoms with Gasteiger partial charge in [0.1, 0.15) is 0 Å². The van der Waals surface area contributed by atoms with Gasteiger partial charge in [0.2, 0.25) is 0 Å². The van der Waals surface area contributed by atoms with Crippen molar-refractivity contribution < 1.29 is 24.2 Å². The molecule has 0 radical (unpaired) electrons. The monoisotopic (exact) mass is 280 g/mol. The summed E-state index contributed by atoms with van der Waals surface area (Å²) in [5, 5.41) is 11.3. The van der Waals surface area contributed by atoms with Crippen molar-refractivity contribution in [3.05, 3.63) is 29.3 Å². The first-order chi connectivity index (χ1) is 9.36. The second kappa shape index (κ2) is 6.67. The number of aromatic carboxylic acids is 1. The number of ether oxygens (including phenoxy) is 1. The fourth-order valence-corrected chi connectivity index (χ4v) is 1.49. The number of carbonyl (C=O) groups is 3. The second-order valence-corrected chi connectivity index (χ2v) is 4.05. The van der Waals surface area contributed by atoms with Crippen LogP contribution in [0.1, 0.15) is 22.8 Å². The highest BCUT2D eigenvalue weighted by Crippen LogP contribution is 2.16. The molecule has 4 N–H and O–H groups in total. The summed E-state index contributed by atoms with van der Waals surface area (Å²) < 4.78 is 4.64. The second-order valence-electron chi connectivity index (χ2n) is 4.05. The molecule has 0 fully saturated rings. The van der Waals surface area contributed by atoms with Gasteiger partial charge in [0.15, 0.2) is 6.04 Å². The lowest BCUT2D eigenvalue weighted by atomic mass is 10.1. The Balaban J connectivity index is 2.81. The number of aryl methyl sites for hydroxylation is 1. The molecule has 1 rings (SSSR count). The minimum absolute atomic E-state index is 0.107. The van der Waals surface area contributed by atoms with Gasteiger partial charge >= 0.3 is 11.9 Å². The normalized spacial score (nSPS) is 11.6. The summed E-state index contributed by atoms with van der Waals surface area (Å²) in [6.07, 6.45) is 0. The topological polar surface area (TPSA) is 119 Å². The summed E-state index contributed by atoms with van der Waals surface area (Å²) in [5.41, 5.74) is 6.49. The SMILES string of the molecule is CCOC(=O)C(N)C(=O)Nc1ccc(C(=O)O)cc1C. The molecule has 0 bridgehead atoms. The Hall–Kier alpha value is -2.41. The molecule has 0 aromatic heterocycles. The van der Waals surface area contributed by atoms with Gasteiger partial charge in [-0.2, -0.15) is 0 Å².